The first kappa shape index (κ1) is 13.8. The molecule has 102 valence electrons. The summed E-state index contributed by atoms with van der Waals surface area (Å²) < 4.78 is 0. The minimum absolute atomic E-state index is 0.435. The minimum Gasteiger partial charge on any atom is -0.354 e. The molecule has 1 saturated carbocycles. The van der Waals surface area contributed by atoms with Gasteiger partial charge in [-0.3, -0.25) is 0 Å². The molecule has 0 aromatic carbocycles. The van der Waals surface area contributed by atoms with Crippen LogP contribution in [0.2, 0.25) is 0 Å². The van der Waals surface area contributed by atoms with E-state index in [0.29, 0.717) is 11.6 Å². The fourth-order valence-electron chi connectivity index (χ4n) is 2.78. The molecular weight excluding hydrogens is 236 g/mol. The zero-order valence-corrected chi connectivity index (χ0v) is 11.8. The SMILES string of the molecule is CCC1CCC(CNc2nc(C)cc(C#N)n2)CC1. The molecule has 1 aliphatic rings. The van der Waals surface area contributed by atoms with Crippen molar-refractivity contribution in [3.05, 3.63) is 17.5 Å². The molecule has 0 unspecified atom stereocenters. The second kappa shape index (κ2) is 6.51. The van der Waals surface area contributed by atoms with Crippen molar-refractivity contribution in [1.29, 1.82) is 5.26 Å². The molecule has 1 aromatic rings. The molecule has 0 bridgehead atoms. The van der Waals surface area contributed by atoms with Crippen LogP contribution in [0.25, 0.3) is 0 Å². The molecular formula is C15H22N4. The first-order chi connectivity index (χ1) is 9.21. The molecule has 1 N–H and O–H groups in total. The topological polar surface area (TPSA) is 61.6 Å². The zero-order valence-electron chi connectivity index (χ0n) is 11.8. The van der Waals surface area contributed by atoms with Crippen LogP contribution >= 0.6 is 0 Å². The van der Waals surface area contributed by atoms with Crippen LogP contribution in [-0.4, -0.2) is 16.5 Å². The van der Waals surface area contributed by atoms with Crippen molar-refractivity contribution < 1.29 is 0 Å². The Labute approximate surface area is 115 Å². The van der Waals surface area contributed by atoms with Crippen LogP contribution in [0.4, 0.5) is 5.95 Å². The molecule has 0 saturated heterocycles. The van der Waals surface area contributed by atoms with E-state index in [4.69, 9.17) is 5.26 Å². The fraction of sp³-hybridized carbons (Fsp3) is 0.667. The Morgan fingerprint density at radius 1 is 1.26 bits per heavy atom. The van der Waals surface area contributed by atoms with Gasteiger partial charge in [0, 0.05) is 12.2 Å². The molecule has 4 nitrogen and oxygen atoms in total. The third-order valence-corrected chi connectivity index (χ3v) is 4.06. The van der Waals surface area contributed by atoms with Gasteiger partial charge in [-0.25, -0.2) is 9.97 Å². The highest BCUT2D eigenvalue weighted by molar-refractivity contribution is 5.32. The van der Waals surface area contributed by atoms with E-state index < -0.39 is 0 Å². The van der Waals surface area contributed by atoms with Gasteiger partial charge in [0.25, 0.3) is 0 Å². The van der Waals surface area contributed by atoms with E-state index in [1.54, 1.807) is 6.07 Å². The Morgan fingerprint density at radius 3 is 2.58 bits per heavy atom. The molecule has 19 heavy (non-hydrogen) atoms. The molecule has 0 aliphatic heterocycles. The summed E-state index contributed by atoms with van der Waals surface area (Å²) in [6, 6.07) is 3.77. The largest absolute Gasteiger partial charge is 0.354 e. The third kappa shape index (κ3) is 3.92. The van der Waals surface area contributed by atoms with E-state index in [2.05, 4.69) is 28.3 Å². The van der Waals surface area contributed by atoms with E-state index in [-0.39, 0.29) is 0 Å². The molecule has 1 aliphatic carbocycles. The maximum absolute atomic E-state index is 8.89. The van der Waals surface area contributed by atoms with Crippen LogP contribution in [0.3, 0.4) is 0 Å². The Kier molecular flexibility index (Phi) is 4.73. The highest BCUT2D eigenvalue weighted by Crippen LogP contribution is 2.30. The summed E-state index contributed by atoms with van der Waals surface area (Å²) >= 11 is 0. The third-order valence-electron chi connectivity index (χ3n) is 4.06. The Balaban J connectivity index is 1.86. The van der Waals surface area contributed by atoms with E-state index in [0.717, 1.165) is 24.1 Å². The normalized spacial score (nSPS) is 22.8. The molecule has 0 radical (unpaired) electrons. The maximum Gasteiger partial charge on any atom is 0.224 e. The maximum atomic E-state index is 8.89. The Hall–Kier alpha value is -1.63. The number of anilines is 1. The molecule has 4 heteroatoms. The van der Waals surface area contributed by atoms with Gasteiger partial charge in [-0.2, -0.15) is 5.26 Å². The lowest BCUT2D eigenvalue weighted by molar-refractivity contribution is 0.278. The van der Waals surface area contributed by atoms with E-state index in [9.17, 15) is 0 Å². The zero-order chi connectivity index (χ0) is 13.7. The molecule has 0 spiro atoms. The summed E-state index contributed by atoms with van der Waals surface area (Å²) in [5, 5.41) is 12.2. The summed E-state index contributed by atoms with van der Waals surface area (Å²) in [6.45, 7) is 5.10. The quantitative estimate of drug-likeness (QED) is 0.900. The highest BCUT2D eigenvalue weighted by Gasteiger charge is 2.19. The van der Waals surface area contributed by atoms with E-state index in [1.807, 2.05) is 6.92 Å². The monoisotopic (exact) mass is 258 g/mol. The fourth-order valence-corrected chi connectivity index (χ4v) is 2.78. The predicted molar refractivity (Wildman–Crippen MR) is 75.7 cm³/mol. The van der Waals surface area contributed by atoms with Gasteiger partial charge in [0.15, 0.2) is 0 Å². The molecule has 1 heterocycles. The van der Waals surface area contributed by atoms with E-state index in [1.165, 1.54) is 32.1 Å². The van der Waals surface area contributed by atoms with Gasteiger partial charge < -0.3 is 5.32 Å². The van der Waals surface area contributed by atoms with Crippen LogP contribution in [0.15, 0.2) is 6.07 Å². The average molecular weight is 258 g/mol. The number of aryl methyl sites for hydroxylation is 1. The summed E-state index contributed by atoms with van der Waals surface area (Å²) in [4.78, 5) is 8.51. The molecule has 2 rings (SSSR count). The number of nitrogens with one attached hydrogen (secondary N) is 1. The van der Waals surface area contributed by atoms with Crippen LogP contribution in [0.1, 0.15) is 50.4 Å². The lowest BCUT2D eigenvalue weighted by Crippen LogP contribution is -2.21. The highest BCUT2D eigenvalue weighted by atomic mass is 15.1. The van der Waals surface area contributed by atoms with Crippen molar-refractivity contribution in [2.45, 2.75) is 46.0 Å². The van der Waals surface area contributed by atoms with Crippen molar-refractivity contribution in [2.24, 2.45) is 11.8 Å². The standard InChI is InChI=1S/C15H22N4/c1-3-12-4-6-13(7-5-12)10-17-15-18-11(2)8-14(9-16)19-15/h8,12-13H,3-7,10H2,1-2H3,(H,17,18,19). The number of hydrogen-bond donors (Lipinski definition) is 1. The Morgan fingerprint density at radius 2 is 1.95 bits per heavy atom. The number of nitrogens with zero attached hydrogens (tertiary/aromatic N) is 3. The van der Waals surface area contributed by atoms with Gasteiger partial charge >= 0.3 is 0 Å². The van der Waals surface area contributed by atoms with Crippen molar-refractivity contribution in [3.63, 3.8) is 0 Å². The van der Waals surface area contributed by atoms with Crippen molar-refractivity contribution in [3.8, 4) is 6.07 Å². The lowest BCUT2D eigenvalue weighted by atomic mass is 9.81. The van der Waals surface area contributed by atoms with Gasteiger partial charge in [-0.1, -0.05) is 26.2 Å². The molecule has 0 atom stereocenters. The lowest BCUT2D eigenvalue weighted by Gasteiger charge is -2.27. The first-order valence-corrected chi connectivity index (χ1v) is 7.21. The van der Waals surface area contributed by atoms with Gasteiger partial charge in [0.1, 0.15) is 11.8 Å². The molecule has 1 aromatic heterocycles. The summed E-state index contributed by atoms with van der Waals surface area (Å²) in [5.74, 6) is 2.24. The van der Waals surface area contributed by atoms with Crippen LogP contribution < -0.4 is 5.32 Å². The first-order valence-electron chi connectivity index (χ1n) is 7.21. The van der Waals surface area contributed by atoms with Crippen LogP contribution in [-0.2, 0) is 0 Å². The number of aromatic nitrogens is 2. The second-order valence-corrected chi connectivity index (χ2v) is 5.51. The molecule has 1 fully saturated rings. The van der Waals surface area contributed by atoms with Gasteiger partial charge in [-0.05, 0) is 37.7 Å². The second-order valence-electron chi connectivity index (χ2n) is 5.51. The predicted octanol–water partition coefficient (Wildman–Crippen LogP) is 3.29. The van der Waals surface area contributed by atoms with Gasteiger partial charge in [0.05, 0.1) is 0 Å². The van der Waals surface area contributed by atoms with Gasteiger partial charge in [-0.15, -0.1) is 0 Å². The van der Waals surface area contributed by atoms with Crippen molar-refractivity contribution in [1.82, 2.24) is 9.97 Å². The van der Waals surface area contributed by atoms with Crippen molar-refractivity contribution in [2.75, 3.05) is 11.9 Å². The molecule has 0 amide bonds. The van der Waals surface area contributed by atoms with Crippen LogP contribution in [0, 0.1) is 30.1 Å². The number of nitriles is 1. The number of rotatable bonds is 4. The van der Waals surface area contributed by atoms with E-state index >= 15 is 0 Å². The van der Waals surface area contributed by atoms with Crippen molar-refractivity contribution >= 4 is 5.95 Å². The minimum atomic E-state index is 0.435. The summed E-state index contributed by atoms with van der Waals surface area (Å²) in [5.41, 5.74) is 1.27. The smallest absolute Gasteiger partial charge is 0.224 e. The summed E-state index contributed by atoms with van der Waals surface area (Å²) in [7, 11) is 0. The van der Waals surface area contributed by atoms with Gasteiger partial charge in [0.2, 0.25) is 5.95 Å². The number of hydrogen-bond acceptors (Lipinski definition) is 4. The average Bonchev–Trinajstić information content (AvgIpc) is 2.45. The summed E-state index contributed by atoms with van der Waals surface area (Å²) in [6.07, 6.45) is 6.60. The Bertz CT molecular complexity index is 456. The van der Waals surface area contributed by atoms with Crippen LogP contribution in [0.5, 0.6) is 0 Å².